The summed E-state index contributed by atoms with van der Waals surface area (Å²) >= 11 is 0. The highest BCUT2D eigenvalue weighted by atomic mass is 16.6. The first-order chi connectivity index (χ1) is 8.71. The molecule has 2 atom stereocenters. The number of hydrogen-bond donors (Lipinski definition) is 1. The Hall–Kier alpha value is -2.03. The Morgan fingerprint density at radius 1 is 1.37 bits per heavy atom. The summed E-state index contributed by atoms with van der Waals surface area (Å²) in [5, 5.41) is 22.7. The highest BCUT2D eigenvalue weighted by Crippen LogP contribution is 2.42. The van der Waals surface area contributed by atoms with Crippen molar-refractivity contribution in [3.8, 4) is 0 Å². The number of rotatable bonds is 3. The highest BCUT2D eigenvalue weighted by Gasteiger charge is 2.63. The Labute approximate surface area is 108 Å². The zero-order valence-corrected chi connectivity index (χ0v) is 10.4. The van der Waals surface area contributed by atoms with Crippen molar-refractivity contribution >= 4 is 5.91 Å². The molecule has 0 aromatic carbocycles. The number of nitrogens with two attached hydrogens (primary N) is 1. The van der Waals surface area contributed by atoms with Crippen molar-refractivity contribution in [1.82, 2.24) is 4.90 Å². The quantitative estimate of drug-likeness (QED) is 0.525. The Bertz CT molecular complexity index is 504. The van der Waals surface area contributed by atoms with E-state index >= 15 is 0 Å². The van der Waals surface area contributed by atoms with Crippen molar-refractivity contribution in [3.05, 3.63) is 31.9 Å². The number of likely N-dealkylation sites (tertiary alicyclic amines) is 1. The number of nitro groups is 2. The third-order valence-electron chi connectivity index (χ3n) is 3.77. The Balaban J connectivity index is 2.58. The minimum Gasteiger partial charge on any atom is -0.366 e. The molecule has 1 saturated heterocycles. The van der Waals surface area contributed by atoms with Crippen LogP contribution in [0.15, 0.2) is 11.6 Å². The summed E-state index contributed by atoms with van der Waals surface area (Å²) in [6.45, 7) is 0.104. The maximum absolute atomic E-state index is 11.3. The van der Waals surface area contributed by atoms with Crippen LogP contribution in [0.2, 0.25) is 0 Å². The summed E-state index contributed by atoms with van der Waals surface area (Å²) in [5.41, 5.74) is 2.01. The molecule has 9 nitrogen and oxygen atoms in total. The largest absolute Gasteiger partial charge is 0.366 e. The fourth-order valence-electron chi connectivity index (χ4n) is 3.17. The molecule has 0 unspecified atom stereocenters. The third kappa shape index (κ3) is 1.95. The molecule has 19 heavy (non-hydrogen) atoms. The van der Waals surface area contributed by atoms with E-state index in [9.17, 15) is 25.0 Å². The molecule has 104 valence electrons. The van der Waals surface area contributed by atoms with Gasteiger partial charge in [-0.15, -0.1) is 0 Å². The van der Waals surface area contributed by atoms with E-state index in [4.69, 9.17) is 5.73 Å². The lowest BCUT2D eigenvalue weighted by molar-refractivity contribution is -0.619. The molecule has 0 aromatic heterocycles. The molecule has 2 N–H and O–H groups in total. The van der Waals surface area contributed by atoms with Crippen molar-refractivity contribution in [2.45, 2.75) is 23.9 Å². The first-order valence-electron chi connectivity index (χ1n) is 5.70. The van der Waals surface area contributed by atoms with E-state index < -0.39 is 26.8 Å². The van der Waals surface area contributed by atoms with Gasteiger partial charge in [0.2, 0.25) is 11.4 Å². The van der Waals surface area contributed by atoms with Gasteiger partial charge in [-0.25, -0.2) is 0 Å². The van der Waals surface area contributed by atoms with E-state index in [0.29, 0.717) is 0 Å². The SMILES string of the molecule is CN1C[C@]2([N+](=O)[O-])C=C(C(N)=O)C[C@]([N+](=O)[O-])(C1)C2. The second-order valence-electron chi connectivity index (χ2n) is 5.40. The molecule has 0 saturated carbocycles. The average molecular weight is 270 g/mol. The van der Waals surface area contributed by atoms with Gasteiger partial charge in [0, 0.05) is 21.5 Å². The minimum absolute atomic E-state index is 0.0206. The van der Waals surface area contributed by atoms with E-state index in [0.717, 1.165) is 0 Å². The van der Waals surface area contributed by atoms with Crippen LogP contribution in [0.4, 0.5) is 0 Å². The number of hydrogen-bond acceptors (Lipinski definition) is 6. The van der Waals surface area contributed by atoms with Crippen LogP contribution in [-0.4, -0.2) is 51.9 Å². The third-order valence-corrected chi connectivity index (χ3v) is 3.77. The Morgan fingerprint density at radius 3 is 2.47 bits per heavy atom. The van der Waals surface area contributed by atoms with E-state index in [1.54, 1.807) is 11.9 Å². The van der Waals surface area contributed by atoms with Crippen LogP contribution >= 0.6 is 0 Å². The van der Waals surface area contributed by atoms with Crippen LogP contribution < -0.4 is 5.73 Å². The first kappa shape index (κ1) is 13.4. The molecule has 1 fully saturated rings. The molecule has 1 amide bonds. The second-order valence-corrected chi connectivity index (χ2v) is 5.40. The molecule has 2 bridgehead atoms. The lowest BCUT2D eigenvalue weighted by Crippen LogP contribution is -2.66. The molecule has 1 aliphatic heterocycles. The van der Waals surface area contributed by atoms with Gasteiger partial charge in [-0.05, 0) is 7.05 Å². The molecular weight excluding hydrogens is 256 g/mol. The van der Waals surface area contributed by atoms with Crippen LogP contribution in [0.1, 0.15) is 12.8 Å². The smallest absolute Gasteiger partial charge is 0.260 e. The van der Waals surface area contributed by atoms with Crippen LogP contribution in [-0.2, 0) is 4.79 Å². The number of carbonyl (C=O) groups excluding carboxylic acids is 1. The maximum Gasteiger partial charge on any atom is 0.260 e. The second kappa shape index (κ2) is 3.98. The molecule has 9 heteroatoms. The molecule has 1 heterocycles. The van der Waals surface area contributed by atoms with Gasteiger partial charge in [0.05, 0.1) is 25.9 Å². The van der Waals surface area contributed by atoms with E-state index in [2.05, 4.69) is 0 Å². The number of nitrogens with zero attached hydrogens (tertiary/aromatic N) is 3. The number of primary amides is 1. The molecule has 2 rings (SSSR count). The van der Waals surface area contributed by atoms with Gasteiger partial charge in [-0.3, -0.25) is 29.9 Å². The number of likely N-dealkylation sites (N-methyl/N-ethyl adjacent to an activating group) is 1. The van der Waals surface area contributed by atoms with Crippen molar-refractivity contribution in [3.63, 3.8) is 0 Å². The lowest BCUT2D eigenvalue weighted by atomic mass is 9.69. The molecule has 1 aliphatic carbocycles. The number of fused-ring (bicyclic) bond motifs is 2. The van der Waals surface area contributed by atoms with Gasteiger partial charge in [0.1, 0.15) is 0 Å². The Kier molecular flexibility index (Phi) is 2.81. The van der Waals surface area contributed by atoms with Crippen molar-refractivity contribution < 1.29 is 14.6 Å². The van der Waals surface area contributed by atoms with Gasteiger partial charge in [-0.1, -0.05) is 0 Å². The van der Waals surface area contributed by atoms with Gasteiger partial charge >= 0.3 is 0 Å². The predicted molar refractivity (Wildman–Crippen MR) is 63.5 cm³/mol. The predicted octanol–water partition coefficient (Wildman–Crippen LogP) is -0.832. The standard InChI is InChI=1S/C10H14N4O5/c1-12-5-9(13(16)17)2-7(8(11)15)3-10(4-9,6-12)14(18)19/h2H,3-6H2,1H3,(H2,11,15)/t9-,10+/m0/s1. The number of amides is 1. The highest BCUT2D eigenvalue weighted by molar-refractivity contribution is 5.92. The lowest BCUT2D eigenvalue weighted by Gasteiger charge is -2.43. The summed E-state index contributed by atoms with van der Waals surface area (Å²) in [7, 11) is 1.60. The number of carbonyl (C=O) groups is 1. The van der Waals surface area contributed by atoms with Crippen LogP contribution in [0.5, 0.6) is 0 Å². The molecule has 0 spiro atoms. The van der Waals surface area contributed by atoms with E-state index in [1.807, 2.05) is 0 Å². The van der Waals surface area contributed by atoms with Gasteiger partial charge < -0.3 is 5.73 Å². The average Bonchev–Trinajstić information content (AvgIpc) is 2.26. The normalized spacial score (nSPS) is 34.5. The monoisotopic (exact) mass is 270 g/mol. The zero-order valence-electron chi connectivity index (χ0n) is 10.4. The van der Waals surface area contributed by atoms with Gasteiger partial charge in [0.25, 0.3) is 5.54 Å². The Morgan fingerprint density at radius 2 is 2.00 bits per heavy atom. The van der Waals surface area contributed by atoms with Crippen molar-refractivity contribution in [1.29, 1.82) is 0 Å². The molecule has 0 aromatic rings. The summed E-state index contributed by atoms with van der Waals surface area (Å²) in [6, 6.07) is 0. The summed E-state index contributed by atoms with van der Waals surface area (Å²) in [6.07, 6.45) is 0.836. The first-order valence-corrected chi connectivity index (χ1v) is 5.70. The summed E-state index contributed by atoms with van der Waals surface area (Å²) in [5.74, 6) is -0.832. The van der Waals surface area contributed by atoms with Gasteiger partial charge in [-0.2, -0.15) is 0 Å². The van der Waals surface area contributed by atoms with Crippen molar-refractivity contribution in [2.24, 2.45) is 5.73 Å². The number of piperidine rings is 1. The summed E-state index contributed by atoms with van der Waals surface area (Å²) in [4.78, 5) is 34.4. The van der Waals surface area contributed by atoms with E-state index in [1.165, 1.54) is 6.08 Å². The minimum atomic E-state index is -1.61. The molecule has 2 aliphatic rings. The van der Waals surface area contributed by atoms with Crippen LogP contribution in [0, 0.1) is 20.2 Å². The van der Waals surface area contributed by atoms with Crippen molar-refractivity contribution in [2.75, 3.05) is 20.1 Å². The van der Waals surface area contributed by atoms with Crippen LogP contribution in [0.3, 0.4) is 0 Å². The van der Waals surface area contributed by atoms with Gasteiger partial charge in [0.15, 0.2) is 0 Å². The molecule has 0 radical (unpaired) electrons. The zero-order chi connectivity index (χ0) is 14.4. The summed E-state index contributed by atoms with van der Waals surface area (Å²) < 4.78 is 0. The fourth-order valence-corrected chi connectivity index (χ4v) is 3.17. The topological polar surface area (TPSA) is 133 Å². The van der Waals surface area contributed by atoms with E-state index in [-0.39, 0.29) is 31.5 Å². The molecular formula is C10H14N4O5. The van der Waals surface area contributed by atoms with Crippen LogP contribution in [0.25, 0.3) is 0 Å². The maximum atomic E-state index is 11.3. The fraction of sp³-hybridized carbons (Fsp3) is 0.700.